The first-order valence-corrected chi connectivity index (χ1v) is 7.23. The number of benzene rings is 1. The second-order valence-electron chi connectivity index (χ2n) is 4.45. The van der Waals surface area contributed by atoms with Gasteiger partial charge in [0.2, 0.25) is 0 Å². The molecular formula is C14H13BrClNO2. The van der Waals surface area contributed by atoms with E-state index in [0.717, 1.165) is 34.1 Å². The van der Waals surface area contributed by atoms with Crippen molar-refractivity contribution in [2.24, 2.45) is 0 Å². The van der Waals surface area contributed by atoms with Crippen LogP contribution >= 0.6 is 27.5 Å². The maximum absolute atomic E-state index is 6.20. The molecular weight excluding hydrogens is 330 g/mol. The van der Waals surface area contributed by atoms with Crippen LogP contribution < -0.4 is 10.1 Å². The maximum atomic E-state index is 6.20. The molecule has 1 unspecified atom stereocenters. The first-order valence-electron chi connectivity index (χ1n) is 6.06. The van der Waals surface area contributed by atoms with E-state index >= 15 is 0 Å². The number of furan rings is 1. The maximum Gasteiger partial charge on any atom is 0.169 e. The number of nitrogens with one attached hydrogen (secondary N) is 1. The molecule has 100 valence electrons. The standard InChI is InChI=1S/C14H13BrClNO2/c1-17-13(11-2-3-12(15)19-11)10-7-9(16)6-8-4-5-18-14(8)10/h2-3,6-7,13,17H,4-5H2,1H3. The predicted molar refractivity (Wildman–Crippen MR) is 78.0 cm³/mol. The van der Waals surface area contributed by atoms with Gasteiger partial charge in [-0.3, -0.25) is 0 Å². The van der Waals surface area contributed by atoms with Crippen molar-refractivity contribution in [3.8, 4) is 5.75 Å². The van der Waals surface area contributed by atoms with Gasteiger partial charge in [0, 0.05) is 17.0 Å². The van der Waals surface area contributed by atoms with Crippen molar-refractivity contribution in [1.29, 1.82) is 0 Å². The molecule has 1 aromatic heterocycles. The molecule has 0 spiro atoms. The third-order valence-corrected chi connectivity index (χ3v) is 3.90. The van der Waals surface area contributed by atoms with E-state index < -0.39 is 0 Å². The van der Waals surface area contributed by atoms with Crippen LogP contribution in [0.1, 0.15) is 22.9 Å². The number of hydrogen-bond acceptors (Lipinski definition) is 3. The highest BCUT2D eigenvalue weighted by molar-refractivity contribution is 9.10. The molecule has 0 bridgehead atoms. The monoisotopic (exact) mass is 341 g/mol. The summed E-state index contributed by atoms with van der Waals surface area (Å²) >= 11 is 9.53. The quantitative estimate of drug-likeness (QED) is 0.917. The molecule has 1 aliphatic heterocycles. The summed E-state index contributed by atoms with van der Waals surface area (Å²) in [6.07, 6.45) is 0.904. The summed E-state index contributed by atoms with van der Waals surface area (Å²) in [5.41, 5.74) is 2.18. The van der Waals surface area contributed by atoms with Crippen molar-refractivity contribution < 1.29 is 9.15 Å². The zero-order valence-corrected chi connectivity index (χ0v) is 12.7. The Kier molecular flexibility index (Phi) is 3.56. The Morgan fingerprint density at radius 1 is 1.37 bits per heavy atom. The highest BCUT2D eigenvalue weighted by Crippen LogP contribution is 2.39. The predicted octanol–water partition coefficient (Wildman–Crippen LogP) is 3.94. The average Bonchev–Trinajstić information content (AvgIpc) is 2.99. The highest BCUT2D eigenvalue weighted by Gasteiger charge is 2.25. The summed E-state index contributed by atoms with van der Waals surface area (Å²) in [5.74, 6) is 1.76. The normalized spacial score (nSPS) is 15.1. The molecule has 0 amide bonds. The lowest BCUT2D eigenvalue weighted by molar-refractivity contribution is 0.347. The van der Waals surface area contributed by atoms with Gasteiger partial charge in [-0.1, -0.05) is 11.6 Å². The van der Waals surface area contributed by atoms with Crippen molar-refractivity contribution in [1.82, 2.24) is 5.32 Å². The number of fused-ring (bicyclic) bond motifs is 1. The minimum Gasteiger partial charge on any atom is -0.493 e. The number of rotatable bonds is 3. The zero-order chi connectivity index (χ0) is 13.4. The van der Waals surface area contributed by atoms with Crippen LogP contribution in [0.15, 0.2) is 33.4 Å². The first-order chi connectivity index (χ1) is 9.19. The molecule has 1 aliphatic rings. The number of hydrogen-bond donors (Lipinski definition) is 1. The van der Waals surface area contributed by atoms with Crippen molar-refractivity contribution in [3.63, 3.8) is 0 Å². The van der Waals surface area contributed by atoms with E-state index in [4.69, 9.17) is 20.8 Å². The first kappa shape index (κ1) is 13.0. The van der Waals surface area contributed by atoms with Crippen LogP contribution in [0, 0.1) is 0 Å². The molecule has 3 rings (SSSR count). The molecule has 1 N–H and O–H groups in total. The number of ether oxygens (including phenoxy) is 1. The molecule has 2 heterocycles. The second-order valence-corrected chi connectivity index (χ2v) is 5.66. The Morgan fingerprint density at radius 3 is 2.89 bits per heavy atom. The lowest BCUT2D eigenvalue weighted by Crippen LogP contribution is -2.17. The molecule has 3 nitrogen and oxygen atoms in total. The molecule has 0 radical (unpaired) electrons. The van der Waals surface area contributed by atoms with E-state index in [1.54, 1.807) is 0 Å². The molecule has 5 heteroatoms. The third-order valence-electron chi connectivity index (χ3n) is 3.26. The smallest absolute Gasteiger partial charge is 0.169 e. The topological polar surface area (TPSA) is 34.4 Å². The molecule has 0 saturated heterocycles. The molecule has 0 aliphatic carbocycles. The van der Waals surface area contributed by atoms with Gasteiger partial charge in [-0.15, -0.1) is 0 Å². The van der Waals surface area contributed by atoms with Crippen LogP contribution in [0.25, 0.3) is 0 Å². The van der Waals surface area contributed by atoms with Crippen molar-refractivity contribution in [3.05, 3.63) is 50.8 Å². The van der Waals surface area contributed by atoms with E-state index in [1.807, 2.05) is 31.3 Å². The highest BCUT2D eigenvalue weighted by atomic mass is 79.9. The minimum atomic E-state index is -0.0724. The van der Waals surface area contributed by atoms with Gasteiger partial charge in [-0.25, -0.2) is 0 Å². The van der Waals surface area contributed by atoms with Crippen molar-refractivity contribution in [2.45, 2.75) is 12.5 Å². The minimum absolute atomic E-state index is 0.0724. The zero-order valence-electron chi connectivity index (χ0n) is 10.4. The van der Waals surface area contributed by atoms with E-state index in [0.29, 0.717) is 11.3 Å². The Balaban J connectivity index is 2.09. The molecule has 1 atom stereocenters. The fourth-order valence-electron chi connectivity index (χ4n) is 2.45. The Hall–Kier alpha value is -0.970. The van der Waals surface area contributed by atoms with Crippen LogP contribution in [-0.4, -0.2) is 13.7 Å². The van der Waals surface area contributed by atoms with Gasteiger partial charge in [-0.05, 0) is 52.8 Å². The largest absolute Gasteiger partial charge is 0.493 e. The van der Waals surface area contributed by atoms with Crippen LogP contribution in [-0.2, 0) is 6.42 Å². The van der Waals surface area contributed by atoms with E-state index in [-0.39, 0.29) is 6.04 Å². The van der Waals surface area contributed by atoms with Gasteiger partial charge in [0.1, 0.15) is 11.5 Å². The van der Waals surface area contributed by atoms with E-state index in [9.17, 15) is 0 Å². The lowest BCUT2D eigenvalue weighted by Gasteiger charge is -2.17. The van der Waals surface area contributed by atoms with E-state index in [2.05, 4.69) is 21.2 Å². The Labute approximate surface area is 125 Å². The van der Waals surface area contributed by atoms with Gasteiger partial charge in [0.05, 0.1) is 12.6 Å². The fourth-order valence-corrected chi connectivity index (χ4v) is 3.02. The molecule has 2 aromatic rings. The van der Waals surface area contributed by atoms with Crippen LogP contribution in [0.2, 0.25) is 5.02 Å². The van der Waals surface area contributed by atoms with Crippen LogP contribution in [0.4, 0.5) is 0 Å². The molecule has 0 fully saturated rings. The van der Waals surface area contributed by atoms with Crippen molar-refractivity contribution >= 4 is 27.5 Å². The summed E-state index contributed by atoms with van der Waals surface area (Å²) < 4.78 is 12.1. The summed E-state index contributed by atoms with van der Waals surface area (Å²) in [6, 6.07) is 7.65. The van der Waals surface area contributed by atoms with Gasteiger partial charge in [0.25, 0.3) is 0 Å². The van der Waals surface area contributed by atoms with Gasteiger partial charge in [0.15, 0.2) is 4.67 Å². The van der Waals surface area contributed by atoms with Gasteiger partial charge >= 0.3 is 0 Å². The lowest BCUT2D eigenvalue weighted by atomic mass is 10.00. The Morgan fingerprint density at radius 2 is 2.21 bits per heavy atom. The van der Waals surface area contributed by atoms with Crippen molar-refractivity contribution in [2.75, 3.05) is 13.7 Å². The van der Waals surface area contributed by atoms with Gasteiger partial charge < -0.3 is 14.5 Å². The van der Waals surface area contributed by atoms with Crippen LogP contribution in [0.3, 0.4) is 0 Å². The number of halogens is 2. The van der Waals surface area contributed by atoms with Crippen LogP contribution in [0.5, 0.6) is 5.75 Å². The summed E-state index contributed by atoms with van der Waals surface area (Å²) in [5, 5.41) is 3.98. The molecule has 0 saturated carbocycles. The fraction of sp³-hybridized carbons (Fsp3) is 0.286. The SMILES string of the molecule is CNC(c1ccc(Br)o1)c1cc(Cl)cc2c1OCC2. The summed E-state index contributed by atoms with van der Waals surface area (Å²) in [4.78, 5) is 0. The summed E-state index contributed by atoms with van der Waals surface area (Å²) in [7, 11) is 1.89. The Bertz CT molecular complexity index is 611. The van der Waals surface area contributed by atoms with Gasteiger partial charge in [-0.2, -0.15) is 0 Å². The third kappa shape index (κ3) is 2.40. The summed E-state index contributed by atoms with van der Waals surface area (Å²) in [6.45, 7) is 0.709. The molecule has 1 aromatic carbocycles. The molecule has 19 heavy (non-hydrogen) atoms. The van der Waals surface area contributed by atoms with E-state index in [1.165, 1.54) is 0 Å². The average molecular weight is 343 g/mol. The second kappa shape index (κ2) is 5.19.